The molecule has 1 aliphatic rings. The zero-order chi connectivity index (χ0) is 14.1. The third-order valence-electron chi connectivity index (χ3n) is 3.57. The normalized spacial score (nSPS) is 21.7. The molecular formula is C13H16ClN5O. The molecule has 0 aliphatic heterocycles. The number of aromatic nitrogens is 4. The molecule has 0 unspecified atom stereocenters. The molecule has 0 atom stereocenters. The lowest BCUT2D eigenvalue weighted by atomic mass is 9.89. The van der Waals surface area contributed by atoms with Crippen LogP contribution in [0.15, 0.2) is 18.2 Å². The number of rotatable bonds is 4. The van der Waals surface area contributed by atoms with E-state index in [1.54, 1.807) is 18.2 Å². The van der Waals surface area contributed by atoms with Gasteiger partial charge in [0.1, 0.15) is 0 Å². The van der Waals surface area contributed by atoms with Crippen LogP contribution >= 0.6 is 11.6 Å². The number of benzene rings is 1. The van der Waals surface area contributed by atoms with Crippen molar-refractivity contribution in [3.8, 4) is 11.4 Å². The van der Waals surface area contributed by atoms with Crippen molar-refractivity contribution in [2.45, 2.75) is 31.9 Å². The van der Waals surface area contributed by atoms with Crippen LogP contribution in [-0.2, 0) is 4.74 Å². The van der Waals surface area contributed by atoms with Crippen molar-refractivity contribution in [3.63, 3.8) is 0 Å². The molecule has 0 bridgehead atoms. The Morgan fingerprint density at radius 2 is 2.25 bits per heavy atom. The number of nitrogen functional groups attached to an aromatic ring is 1. The standard InChI is InChI=1S/C13H16ClN5O/c1-2-20-10-6-9(7-10)19-13(16-17-18-19)11-5-8(14)3-4-12(11)15/h3-5,9-10H,2,6-7,15H2,1H3. The Balaban J connectivity index is 1.86. The molecule has 1 heterocycles. The molecule has 6 nitrogen and oxygen atoms in total. The Morgan fingerprint density at radius 1 is 1.45 bits per heavy atom. The van der Waals surface area contributed by atoms with Crippen LogP contribution in [0.5, 0.6) is 0 Å². The van der Waals surface area contributed by atoms with E-state index in [1.807, 2.05) is 11.6 Å². The lowest BCUT2D eigenvalue weighted by Gasteiger charge is -2.34. The van der Waals surface area contributed by atoms with Gasteiger partial charge in [-0.1, -0.05) is 11.6 Å². The Bertz CT molecular complexity index is 609. The van der Waals surface area contributed by atoms with Crippen molar-refractivity contribution in [1.29, 1.82) is 0 Å². The van der Waals surface area contributed by atoms with Crippen LogP contribution in [0.4, 0.5) is 5.69 Å². The maximum absolute atomic E-state index is 6.02. The molecule has 20 heavy (non-hydrogen) atoms. The molecule has 1 aliphatic carbocycles. The number of hydrogen-bond donors (Lipinski definition) is 1. The second kappa shape index (κ2) is 5.38. The number of nitrogens with two attached hydrogens (primary N) is 1. The highest BCUT2D eigenvalue weighted by Gasteiger charge is 2.34. The molecule has 0 amide bonds. The Hall–Kier alpha value is -1.66. The summed E-state index contributed by atoms with van der Waals surface area (Å²) in [6.07, 6.45) is 2.15. The van der Waals surface area contributed by atoms with Crippen molar-refractivity contribution < 1.29 is 4.74 Å². The van der Waals surface area contributed by atoms with Gasteiger partial charge in [-0.05, 0) is 48.4 Å². The number of halogens is 1. The monoisotopic (exact) mass is 293 g/mol. The van der Waals surface area contributed by atoms with Gasteiger partial charge in [-0.2, -0.15) is 0 Å². The SMILES string of the molecule is CCOC1CC(n2nnnc2-c2cc(Cl)ccc2N)C1. The maximum atomic E-state index is 6.02. The van der Waals surface area contributed by atoms with Gasteiger partial charge in [0.15, 0.2) is 5.82 Å². The fraction of sp³-hybridized carbons (Fsp3) is 0.462. The Morgan fingerprint density at radius 3 is 3.00 bits per heavy atom. The van der Waals surface area contributed by atoms with Crippen LogP contribution in [0.3, 0.4) is 0 Å². The molecule has 1 aromatic carbocycles. The first-order chi connectivity index (χ1) is 9.69. The second-order valence-electron chi connectivity index (χ2n) is 4.88. The number of nitrogens with zero attached hydrogens (tertiary/aromatic N) is 4. The topological polar surface area (TPSA) is 78.8 Å². The second-order valence-corrected chi connectivity index (χ2v) is 5.32. The van der Waals surface area contributed by atoms with Crippen LogP contribution in [0.2, 0.25) is 5.02 Å². The Labute approximate surface area is 121 Å². The van der Waals surface area contributed by atoms with Crippen LogP contribution in [-0.4, -0.2) is 32.9 Å². The summed E-state index contributed by atoms with van der Waals surface area (Å²) in [6, 6.07) is 5.57. The van der Waals surface area contributed by atoms with E-state index in [4.69, 9.17) is 22.1 Å². The van der Waals surface area contributed by atoms with E-state index in [0.717, 1.165) is 25.0 Å². The van der Waals surface area contributed by atoms with Gasteiger partial charge in [0.25, 0.3) is 0 Å². The summed E-state index contributed by atoms with van der Waals surface area (Å²) in [5.74, 6) is 0.657. The van der Waals surface area contributed by atoms with Crippen molar-refractivity contribution in [1.82, 2.24) is 20.2 Å². The van der Waals surface area contributed by atoms with E-state index >= 15 is 0 Å². The highest BCUT2D eigenvalue weighted by atomic mass is 35.5. The molecular weight excluding hydrogens is 278 g/mol. The van der Waals surface area contributed by atoms with Gasteiger partial charge in [0, 0.05) is 22.9 Å². The molecule has 1 fully saturated rings. The number of anilines is 1. The summed E-state index contributed by atoms with van der Waals surface area (Å²) in [6.45, 7) is 2.74. The first-order valence-electron chi connectivity index (χ1n) is 6.64. The first kappa shape index (κ1) is 13.3. The van der Waals surface area contributed by atoms with Crippen molar-refractivity contribution in [3.05, 3.63) is 23.2 Å². The largest absolute Gasteiger partial charge is 0.398 e. The summed E-state index contributed by atoms with van der Waals surface area (Å²) in [5, 5.41) is 12.5. The molecule has 106 valence electrons. The summed E-state index contributed by atoms with van der Waals surface area (Å²) in [7, 11) is 0. The van der Waals surface area contributed by atoms with Gasteiger partial charge in [0.2, 0.25) is 0 Å². The van der Waals surface area contributed by atoms with Crippen LogP contribution in [0.1, 0.15) is 25.8 Å². The van der Waals surface area contributed by atoms with E-state index in [1.165, 1.54) is 0 Å². The summed E-state index contributed by atoms with van der Waals surface area (Å²) < 4.78 is 7.38. The zero-order valence-corrected chi connectivity index (χ0v) is 11.9. The van der Waals surface area contributed by atoms with Gasteiger partial charge in [-0.15, -0.1) is 5.10 Å². The molecule has 3 rings (SSSR count). The number of hydrogen-bond acceptors (Lipinski definition) is 5. The van der Waals surface area contributed by atoms with E-state index < -0.39 is 0 Å². The summed E-state index contributed by atoms with van der Waals surface area (Å²) in [4.78, 5) is 0. The van der Waals surface area contributed by atoms with Crippen LogP contribution in [0.25, 0.3) is 11.4 Å². The lowest BCUT2D eigenvalue weighted by molar-refractivity contribution is -0.0227. The number of tetrazole rings is 1. The molecule has 2 aromatic rings. The minimum Gasteiger partial charge on any atom is -0.398 e. The van der Waals surface area contributed by atoms with Crippen LogP contribution < -0.4 is 5.73 Å². The minimum absolute atomic E-state index is 0.259. The average Bonchev–Trinajstić information content (AvgIpc) is 2.85. The molecule has 2 N–H and O–H groups in total. The van der Waals surface area contributed by atoms with E-state index in [0.29, 0.717) is 22.6 Å². The zero-order valence-electron chi connectivity index (χ0n) is 11.2. The van der Waals surface area contributed by atoms with E-state index in [2.05, 4.69) is 15.5 Å². The molecule has 7 heteroatoms. The van der Waals surface area contributed by atoms with Crippen molar-refractivity contribution in [2.24, 2.45) is 0 Å². The quantitative estimate of drug-likeness (QED) is 0.875. The highest BCUT2D eigenvalue weighted by Crippen LogP contribution is 2.37. The van der Waals surface area contributed by atoms with E-state index in [-0.39, 0.29) is 6.04 Å². The summed E-state index contributed by atoms with van der Waals surface area (Å²) in [5.41, 5.74) is 7.37. The predicted octanol–water partition coefficient (Wildman–Crippen LogP) is 2.32. The fourth-order valence-corrected chi connectivity index (χ4v) is 2.62. The maximum Gasteiger partial charge on any atom is 0.184 e. The first-order valence-corrected chi connectivity index (χ1v) is 7.01. The van der Waals surface area contributed by atoms with Crippen molar-refractivity contribution in [2.75, 3.05) is 12.3 Å². The van der Waals surface area contributed by atoms with E-state index in [9.17, 15) is 0 Å². The van der Waals surface area contributed by atoms with Crippen molar-refractivity contribution >= 4 is 17.3 Å². The molecule has 0 spiro atoms. The third-order valence-corrected chi connectivity index (χ3v) is 3.80. The van der Waals surface area contributed by atoms with Gasteiger partial charge in [0.05, 0.1) is 12.1 Å². The smallest absolute Gasteiger partial charge is 0.184 e. The lowest BCUT2D eigenvalue weighted by Crippen LogP contribution is -2.34. The third kappa shape index (κ3) is 2.36. The molecule has 0 radical (unpaired) electrons. The number of ether oxygens (including phenoxy) is 1. The van der Waals surface area contributed by atoms with Crippen LogP contribution in [0, 0.1) is 0 Å². The van der Waals surface area contributed by atoms with Gasteiger partial charge >= 0.3 is 0 Å². The molecule has 1 aromatic heterocycles. The van der Waals surface area contributed by atoms with Gasteiger partial charge in [-0.25, -0.2) is 4.68 Å². The fourth-order valence-electron chi connectivity index (χ4n) is 2.45. The highest BCUT2D eigenvalue weighted by molar-refractivity contribution is 6.31. The van der Waals surface area contributed by atoms with Gasteiger partial charge in [-0.3, -0.25) is 0 Å². The molecule has 1 saturated carbocycles. The Kier molecular flexibility index (Phi) is 3.58. The average molecular weight is 294 g/mol. The summed E-state index contributed by atoms with van der Waals surface area (Å²) >= 11 is 6.02. The minimum atomic E-state index is 0.259. The van der Waals surface area contributed by atoms with Gasteiger partial charge < -0.3 is 10.5 Å². The molecule has 0 saturated heterocycles. The predicted molar refractivity (Wildman–Crippen MR) is 76.4 cm³/mol.